The fraction of sp³-hybridized carbons (Fsp3) is 0.440. The largest absolute Gasteiger partial charge is 0.484 e. The maximum absolute atomic E-state index is 11.6. The quantitative estimate of drug-likeness (QED) is 0.466. The van der Waals surface area contributed by atoms with E-state index >= 15 is 0 Å². The van der Waals surface area contributed by atoms with Crippen LogP contribution in [0.3, 0.4) is 0 Å². The van der Waals surface area contributed by atoms with Gasteiger partial charge in [0.15, 0.2) is 12.6 Å². The first-order chi connectivity index (χ1) is 15.7. The van der Waals surface area contributed by atoms with E-state index in [1.54, 1.807) is 0 Å². The predicted molar refractivity (Wildman–Crippen MR) is 129 cm³/mol. The molecule has 1 saturated heterocycles. The van der Waals surface area contributed by atoms with Gasteiger partial charge in [0.05, 0.1) is 6.54 Å². The number of nitrogens with zero attached hydrogens (tertiary/aromatic N) is 3. The molecule has 1 fully saturated rings. The first-order valence-electron chi connectivity index (χ1n) is 11.5. The number of guanidine groups is 1. The molecule has 0 atom stereocenters. The standard InChI is InChI=1S/C25H35N5O2/c1-3-26-24(31)20-32-23-12-8-11-22(17-23)18-28-25(27-4-2)30-15-13-29(14-16-30)19-21-9-6-5-7-10-21/h5-12,17H,3-4,13-16,18-20H2,1-2H3,(H,26,31)(H,27,28). The second-order valence-electron chi connectivity index (χ2n) is 7.81. The highest BCUT2D eigenvalue weighted by molar-refractivity contribution is 5.80. The molecule has 2 N–H and O–H groups in total. The number of aliphatic imine (C=N–C) groups is 1. The zero-order valence-corrected chi connectivity index (χ0v) is 19.2. The maximum atomic E-state index is 11.6. The molecule has 0 unspecified atom stereocenters. The van der Waals surface area contributed by atoms with Gasteiger partial charge in [-0.15, -0.1) is 0 Å². The van der Waals surface area contributed by atoms with Crippen molar-refractivity contribution < 1.29 is 9.53 Å². The lowest BCUT2D eigenvalue weighted by Gasteiger charge is -2.36. The SMILES string of the molecule is CCNC(=O)COc1cccc(CN=C(NCC)N2CCN(Cc3ccccc3)CC2)c1. The Hall–Kier alpha value is -3.06. The normalized spacial score (nSPS) is 14.8. The third-order valence-corrected chi connectivity index (χ3v) is 5.31. The van der Waals surface area contributed by atoms with E-state index in [-0.39, 0.29) is 12.5 Å². The van der Waals surface area contributed by atoms with Gasteiger partial charge in [-0.05, 0) is 37.1 Å². The van der Waals surface area contributed by atoms with Crippen LogP contribution in [0.25, 0.3) is 0 Å². The molecule has 32 heavy (non-hydrogen) atoms. The van der Waals surface area contributed by atoms with Gasteiger partial charge in [-0.2, -0.15) is 0 Å². The van der Waals surface area contributed by atoms with E-state index in [1.165, 1.54) is 5.56 Å². The number of piperazine rings is 1. The lowest BCUT2D eigenvalue weighted by Crippen LogP contribution is -2.52. The second kappa shape index (κ2) is 12.7. The van der Waals surface area contributed by atoms with Crippen molar-refractivity contribution in [1.82, 2.24) is 20.4 Å². The van der Waals surface area contributed by atoms with E-state index in [0.717, 1.165) is 50.8 Å². The lowest BCUT2D eigenvalue weighted by atomic mass is 10.2. The van der Waals surface area contributed by atoms with Gasteiger partial charge >= 0.3 is 0 Å². The van der Waals surface area contributed by atoms with E-state index in [1.807, 2.05) is 31.2 Å². The number of nitrogens with one attached hydrogen (secondary N) is 2. The lowest BCUT2D eigenvalue weighted by molar-refractivity contribution is -0.122. The summed E-state index contributed by atoms with van der Waals surface area (Å²) >= 11 is 0. The molecule has 2 aromatic carbocycles. The summed E-state index contributed by atoms with van der Waals surface area (Å²) in [5.41, 5.74) is 2.41. The molecule has 7 nitrogen and oxygen atoms in total. The summed E-state index contributed by atoms with van der Waals surface area (Å²) in [6.07, 6.45) is 0. The van der Waals surface area contributed by atoms with Crippen LogP contribution >= 0.6 is 0 Å². The number of carbonyl (C=O) groups excluding carboxylic acids is 1. The molecule has 0 bridgehead atoms. The Balaban J connectivity index is 1.54. The van der Waals surface area contributed by atoms with Crippen LogP contribution in [-0.4, -0.2) is 67.5 Å². The number of ether oxygens (including phenoxy) is 1. The number of likely N-dealkylation sites (N-methyl/N-ethyl adjacent to an activating group) is 1. The number of carbonyl (C=O) groups is 1. The van der Waals surface area contributed by atoms with Crippen LogP contribution in [0.4, 0.5) is 0 Å². The van der Waals surface area contributed by atoms with Gasteiger partial charge in [-0.1, -0.05) is 42.5 Å². The third kappa shape index (κ3) is 7.57. The highest BCUT2D eigenvalue weighted by Gasteiger charge is 2.19. The van der Waals surface area contributed by atoms with Crippen molar-refractivity contribution in [2.24, 2.45) is 4.99 Å². The molecule has 0 radical (unpaired) electrons. The summed E-state index contributed by atoms with van der Waals surface area (Å²) in [4.78, 5) is 21.3. The van der Waals surface area contributed by atoms with Crippen LogP contribution in [0.15, 0.2) is 59.6 Å². The topological polar surface area (TPSA) is 69.2 Å². The molecule has 0 aliphatic carbocycles. The Bertz CT molecular complexity index is 864. The van der Waals surface area contributed by atoms with Gasteiger partial charge in [0, 0.05) is 45.8 Å². The van der Waals surface area contributed by atoms with E-state index < -0.39 is 0 Å². The summed E-state index contributed by atoms with van der Waals surface area (Å²) in [5.74, 6) is 1.51. The molecule has 3 rings (SSSR count). The van der Waals surface area contributed by atoms with Crippen molar-refractivity contribution in [2.75, 3.05) is 45.9 Å². The molecular weight excluding hydrogens is 402 g/mol. The summed E-state index contributed by atoms with van der Waals surface area (Å²) in [6, 6.07) is 18.4. The Morgan fingerprint density at radius 1 is 0.938 bits per heavy atom. The number of hydrogen-bond acceptors (Lipinski definition) is 4. The molecule has 0 aromatic heterocycles. The van der Waals surface area contributed by atoms with Gasteiger partial charge in [0.2, 0.25) is 0 Å². The number of hydrogen-bond donors (Lipinski definition) is 2. The average Bonchev–Trinajstić information content (AvgIpc) is 2.82. The summed E-state index contributed by atoms with van der Waals surface area (Å²) in [5, 5.41) is 6.16. The zero-order valence-electron chi connectivity index (χ0n) is 19.2. The van der Waals surface area contributed by atoms with Crippen molar-refractivity contribution in [3.05, 3.63) is 65.7 Å². The molecule has 1 heterocycles. The minimum absolute atomic E-state index is 0.0243. The minimum atomic E-state index is -0.114. The smallest absolute Gasteiger partial charge is 0.257 e. The molecule has 2 aromatic rings. The maximum Gasteiger partial charge on any atom is 0.257 e. The zero-order chi connectivity index (χ0) is 22.6. The van der Waals surface area contributed by atoms with Crippen LogP contribution in [0.5, 0.6) is 5.75 Å². The highest BCUT2D eigenvalue weighted by Crippen LogP contribution is 2.15. The minimum Gasteiger partial charge on any atom is -0.484 e. The number of amides is 1. The fourth-order valence-electron chi connectivity index (χ4n) is 3.68. The summed E-state index contributed by atoms with van der Waals surface area (Å²) in [6.45, 7) is 10.9. The van der Waals surface area contributed by atoms with E-state index in [2.05, 4.69) is 57.7 Å². The molecule has 7 heteroatoms. The fourth-order valence-corrected chi connectivity index (χ4v) is 3.68. The van der Waals surface area contributed by atoms with Crippen molar-refractivity contribution in [3.8, 4) is 5.75 Å². The molecule has 0 saturated carbocycles. The van der Waals surface area contributed by atoms with Crippen LogP contribution < -0.4 is 15.4 Å². The van der Waals surface area contributed by atoms with Crippen LogP contribution in [0.1, 0.15) is 25.0 Å². The highest BCUT2D eigenvalue weighted by atomic mass is 16.5. The molecule has 1 amide bonds. The van der Waals surface area contributed by atoms with Gasteiger partial charge < -0.3 is 20.3 Å². The van der Waals surface area contributed by atoms with Crippen molar-refractivity contribution in [2.45, 2.75) is 26.9 Å². The third-order valence-electron chi connectivity index (χ3n) is 5.31. The van der Waals surface area contributed by atoms with Crippen molar-refractivity contribution >= 4 is 11.9 Å². The van der Waals surface area contributed by atoms with Gasteiger partial charge in [0.25, 0.3) is 5.91 Å². The summed E-state index contributed by atoms with van der Waals surface area (Å²) in [7, 11) is 0. The average molecular weight is 438 g/mol. The first kappa shape index (κ1) is 23.6. The molecule has 172 valence electrons. The molecular formula is C25H35N5O2. The van der Waals surface area contributed by atoms with Crippen LogP contribution in [-0.2, 0) is 17.9 Å². The van der Waals surface area contributed by atoms with E-state index in [9.17, 15) is 4.79 Å². The molecule has 0 spiro atoms. The van der Waals surface area contributed by atoms with Gasteiger partial charge in [-0.3, -0.25) is 9.69 Å². The van der Waals surface area contributed by atoms with Crippen molar-refractivity contribution in [1.29, 1.82) is 0 Å². The Labute approximate surface area is 191 Å². The Kier molecular flexibility index (Phi) is 9.37. The van der Waals surface area contributed by atoms with E-state index in [0.29, 0.717) is 18.8 Å². The van der Waals surface area contributed by atoms with Gasteiger partial charge in [-0.25, -0.2) is 4.99 Å². The number of benzene rings is 2. The molecule has 1 aliphatic rings. The monoisotopic (exact) mass is 437 g/mol. The second-order valence-corrected chi connectivity index (χ2v) is 7.81. The molecule has 1 aliphatic heterocycles. The van der Waals surface area contributed by atoms with Crippen LogP contribution in [0, 0.1) is 0 Å². The Morgan fingerprint density at radius 3 is 2.38 bits per heavy atom. The van der Waals surface area contributed by atoms with Gasteiger partial charge in [0.1, 0.15) is 5.75 Å². The first-order valence-corrected chi connectivity index (χ1v) is 11.5. The Morgan fingerprint density at radius 2 is 1.66 bits per heavy atom. The number of rotatable bonds is 9. The predicted octanol–water partition coefficient (Wildman–Crippen LogP) is 2.48. The van der Waals surface area contributed by atoms with Crippen LogP contribution in [0.2, 0.25) is 0 Å². The van der Waals surface area contributed by atoms with Crippen molar-refractivity contribution in [3.63, 3.8) is 0 Å². The summed E-state index contributed by atoms with van der Waals surface area (Å²) < 4.78 is 5.60. The van der Waals surface area contributed by atoms with E-state index in [4.69, 9.17) is 9.73 Å².